The van der Waals surface area contributed by atoms with Gasteiger partial charge in [-0.15, -0.1) is 0 Å². The summed E-state index contributed by atoms with van der Waals surface area (Å²) in [7, 11) is -3.77. The Kier molecular flexibility index (Phi) is 5.69. The number of halogens is 1. The zero-order valence-electron chi connectivity index (χ0n) is 15.8. The van der Waals surface area contributed by atoms with E-state index in [4.69, 9.17) is 14.0 Å². The van der Waals surface area contributed by atoms with E-state index in [0.29, 0.717) is 31.0 Å². The molecule has 0 amide bonds. The van der Waals surface area contributed by atoms with Crippen molar-refractivity contribution in [1.82, 2.24) is 15.0 Å². The van der Waals surface area contributed by atoms with E-state index in [1.165, 1.54) is 12.1 Å². The van der Waals surface area contributed by atoms with Crippen LogP contribution in [0.1, 0.15) is 35.7 Å². The number of likely N-dealkylation sites (tertiary alicyclic amines) is 1. The number of hydrogen-bond donors (Lipinski definition) is 2. The molecule has 1 aliphatic heterocycles. The summed E-state index contributed by atoms with van der Waals surface area (Å²) in [5.41, 5.74) is 0. The second-order valence-electron chi connectivity index (χ2n) is 7.12. The van der Waals surface area contributed by atoms with Gasteiger partial charge in [0.1, 0.15) is 29.7 Å². The zero-order chi connectivity index (χ0) is 21.3. The molecule has 0 unspecified atom stereocenters. The standard InChI is InChI=1S/C19H20FN3O6S/c20-12-1-5-16(6-2-12)30(26,27)11-18-21-19(29-22-18)17-7-13(25)8-23(17)9-14-3-4-15(10-24)28-14/h1-6,13,17,24-25H,7-11H2/t13-,17-/m1/s1. The summed E-state index contributed by atoms with van der Waals surface area (Å²) in [5.74, 6) is 0.207. The summed E-state index contributed by atoms with van der Waals surface area (Å²) in [6, 6.07) is 7.52. The van der Waals surface area contributed by atoms with Crippen LogP contribution in [0.5, 0.6) is 0 Å². The summed E-state index contributed by atoms with van der Waals surface area (Å²) in [4.78, 5) is 6.06. The Morgan fingerprint density at radius 3 is 2.60 bits per heavy atom. The minimum atomic E-state index is -3.77. The number of aliphatic hydroxyl groups is 2. The molecule has 1 aliphatic rings. The van der Waals surface area contributed by atoms with Crippen molar-refractivity contribution in [3.8, 4) is 0 Å². The normalized spacial score (nSPS) is 20.1. The lowest BCUT2D eigenvalue weighted by Crippen LogP contribution is -2.24. The summed E-state index contributed by atoms with van der Waals surface area (Å²) in [6.07, 6.45) is -0.263. The fourth-order valence-electron chi connectivity index (χ4n) is 3.46. The minimum Gasteiger partial charge on any atom is -0.462 e. The van der Waals surface area contributed by atoms with E-state index < -0.39 is 33.6 Å². The average Bonchev–Trinajstić information content (AvgIpc) is 3.42. The molecule has 1 fully saturated rings. The van der Waals surface area contributed by atoms with Crippen LogP contribution in [0, 0.1) is 5.82 Å². The minimum absolute atomic E-state index is 0.0174. The molecule has 1 saturated heterocycles. The molecular weight excluding hydrogens is 417 g/mol. The third-order valence-corrected chi connectivity index (χ3v) is 6.50. The zero-order valence-corrected chi connectivity index (χ0v) is 16.6. The lowest BCUT2D eigenvalue weighted by atomic mass is 10.2. The molecule has 0 aliphatic carbocycles. The molecule has 2 aromatic heterocycles. The summed E-state index contributed by atoms with van der Waals surface area (Å²) < 4.78 is 48.8. The lowest BCUT2D eigenvalue weighted by Gasteiger charge is -2.19. The first kappa shape index (κ1) is 20.7. The van der Waals surface area contributed by atoms with Crippen molar-refractivity contribution in [3.05, 3.63) is 65.5 Å². The largest absolute Gasteiger partial charge is 0.462 e. The maximum atomic E-state index is 13.0. The van der Waals surface area contributed by atoms with Crippen LogP contribution in [-0.2, 0) is 28.7 Å². The van der Waals surface area contributed by atoms with E-state index in [0.717, 1.165) is 12.1 Å². The molecular formula is C19H20FN3O6S. The van der Waals surface area contributed by atoms with Gasteiger partial charge < -0.3 is 19.2 Å². The van der Waals surface area contributed by atoms with Crippen molar-refractivity contribution in [2.45, 2.75) is 42.4 Å². The van der Waals surface area contributed by atoms with Gasteiger partial charge >= 0.3 is 0 Å². The van der Waals surface area contributed by atoms with Gasteiger partial charge in [-0.1, -0.05) is 5.16 Å². The Hall–Kier alpha value is -2.60. The van der Waals surface area contributed by atoms with Gasteiger partial charge in [-0.2, -0.15) is 4.98 Å². The van der Waals surface area contributed by atoms with Crippen molar-refractivity contribution >= 4 is 9.84 Å². The van der Waals surface area contributed by atoms with Crippen molar-refractivity contribution in [2.75, 3.05) is 6.54 Å². The molecule has 30 heavy (non-hydrogen) atoms. The third-order valence-electron chi connectivity index (χ3n) is 4.87. The highest BCUT2D eigenvalue weighted by molar-refractivity contribution is 7.90. The number of rotatable bonds is 7. The van der Waals surface area contributed by atoms with E-state index in [-0.39, 0.29) is 23.2 Å². The summed E-state index contributed by atoms with van der Waals surface area (Å²) in [5, 5.41) is 23.0. The number of sulfone groups is 1. The molecule has 0 spiro atoms. The number of β-amino-alcohol motifs (C(OH)–C–C–N with tert-alkyl or cyclic N) is 1. The highest BCUT2D eigenvalue weighted by Crippen LogP contribution is 2.33. The monoisotopic (exact) mass is 437 g/mol. The first-order valence-corrected chi connectivity index (χ1v) is 10.9. The maximum Gasteiger partial charge on any atom is 0.244 e. The summed E-state index contributed by atoms with van der Waals surface area (Å²) in [6.45, 7) is 0.500. The van der Waals surface area contributed by atoms with Gasteiger partial charge in [-0.05, 0) is 42.8 Å². The van der Waals surface area contributed by atoms with Crippen LogP contribution < -0.4 is 0 Å². The Bertz CT molecular complexity index is 1110. The van der Waals surface area contributed by atoms with E-state index in [1.807, 2.05) is 4.90 Å². The smallest absolute Gasteiger partial charge is 0.244 e. The first-order valence-electron chi connectivity index (χ1n) is 9.25. The molecule has 160 valence electrons. The Labute approximate surface area is 171 Å². The van der Waals surface area contributed by atoms with Crippen LogP contribution in [0.3, 0.4) is 0 Å². The molecule has 11 heteroatoms. The SMILES string of the molecule is O=S(=O)(Cc1noc([C@H]2C[C@@H](O)CN2Cc2ccc(CO)o2)n1)c1ccc(F)cc1. The molecule has 0 bridgehead atoms. The second-order valence-corrected chi connectivity index (χ2v) is 9.11. The summed E-state index contributed by atoms with van der Waals surface area (Å²) >= 11 is 0. The molecule has 1 aromatic carbocycles. The number of nitrogens with zero attached hydrogens (tertiary/aromatic N) is 3. The molecule has 9 nitrogen and oxygen atoms in total. The van der Waals surface area contributed by atoms with Crippen molar-refractivity contribution in [3.63, 3.8) is 0 Å². The molecule has 0 radical (unpaired) electrons. The molecule has 2 N–H and O–H groups in total. The van der Waals surface area contributed by atoms with Crippen LogP contribution >= 0.6 is 0 Å². The van der Waals surface area contributed by atoms with Crippen LogP contribution in [0.15, 0.2) is 50.2 Å². The average molecular weight is 437 g/mol. The van der Waals surface area contributed by atoms with Gasteiger partial charge in [0.05, 0.1) is 23.6 Å². The van der Waals surface area contributed by atoms with E-state index >= 15 is 0 Å². The van der Waals surface area contributed by atoms with Gasteiger partial charge in [0, 0.05) is 6.54 Å². The number of benzene rings is 1. The van der Waals surface area contributed by atoms with Crippen LogP contribution in [0.2, 0.25) is 0 Å². The molecule has 2 atom stereocenters. The quantitative estimate of drug-likeness (QED) is 0.529. The van der Waals surface area contributed by atoms with Gasteiger partial charge in [-0.3, -0.25) is 4.90 Å². The molecule has 3 heterocycles. The van der Waals surface area contributed by atoms with E-state index in [1.54, 1.807) is 12.1 Å². The van der Waals surface area contributed by atoms with Crippen LogP contribution in [-0.4, -0.2) is 46.3 Å². The third kappa shape index (κ3) is 4.43. The highest BCUT2D eigenvalue weighted by Gasteiger charge is 2.36. The maximum absolute atomic E-state index is 13.0. The van der Waals surface area contributed by atoms with Crippen LogP contribution in [0.4, 0.5) is 4.39 Å². The fraction of sp³-hybridized carbons (Fsp3) is 0.368. The predicted octanol–water partition coefficient (Wildman–Crippen LogP) is 1.58. The van der Waals surface area contributed by atoms with Crippen LogP contribution in [0.25, 0.3) is 0 Å². The van der Waals surface area contributed by atoms with Crippen molar-refractivity contribution in [1.29, 1.82) is 0 Å². The highest BCUT2D eigenvalue weighted by atomic mass is 32.2. The molecule has 3 aromatic rings. The van der Waals surface area contributed by atoms with Gasteiger partial charge in [0.15, 0.2) is 15.7 Å². The predicted molar refractivity (Wildman–Crippen MR) is 100.0 cm³/mol. The van der Waals surface area contributed by atoms with Crippen molar-refractivity contribution in [2.24, 2.45) is 0 Å². The lowest BCUT2D eigenvalue weighted by molar-refractivity contribution is 0.160. The Morgan fingerprint density at radius 1 is 1.17 bits per heavy atom. The topological polar surface area (TPSA) is 130 Å². The van der Waals surface area contributed by atoms with Crippen molar-refractivity contribution < 1.29 is 32.0 Å². The number of aliphatic hydroxyl groups excluding tert-OH is 2. The Balaban J connectivity index is 1.49. The fourth-order valence-corrected chi connectivity index (χ4v) is 4.63. The van der Waals surface area contributed by atoms with E-state index in [9.17, 15) is 17.9 Å². The first-order chi connectivity index (χ1) is 14.3. The van der Waals surface area contributed by atoms with Gasteiger partial charge in [0.25, 0.3) is 0 Å². The number of furan rings is 1. The molecule has 0 saturated carbocycles. The van der Waals surface area contributed by atoms with E-state index in [2.05, 4.69) is 10.1 Å². The number of aromatic nitrogens is 2. The second kappa shape index (κ2) is 8.26. The van der Waals surface area contributed by atoms with Gasteiger partial charge in [0.2, 0.25) is 5.89 Å². The Morgan fingerprint density at radius 2 is 1.90 bits per heavy atom. The van der Waals surface area contributed by atoms with Gasteiger partial charge in [-0.25, -0.2) is 12.8 Å². The molecule has 4 rings (SSSR count). The number of hydrogen-bond acceptors (Lipinski definition) is 9.